The fraction of sp³-hybridized carbons (Fsp3) is 0.833. The summed E-state index contributed by atoms with van der Waals surface area (Å²) in [5, 5.41) is 9.82. The largest absolute Gasteiger partial charge is 0.414 e. The van der Waals surface area contributed by atoms with E-state index in [1.807, 2.05) is 0 Å². The third-order valence-electron chi connectivity index (χ3n) is 2.99. The highest BCUT2D eigenvalue weighted by molar-refractivity contribution is 6.74. The van der Waals surface area contributed by atoms with E-state index in [0.29, 0.717) is 19.8 Å². The molecule has 0 amide bonds. The maximum absolute atomic E-state index is 9.64. The topological polar surface area (TPSA) is 38.7 Å². The monoisotopic (exact) mass is 246 g/mol. The van der Waals surface area contributed by atoms with Gasteiger partial charge in [-0.15, -0.1) is 6.58 Å². The summed E-state index contributed by atoms with van der Waals surface area (Å²) in [7, 11) is -1.75. The SMILES string of the molecule is C=CCOCC(O)CO[Si](C)(C)C(C)(C)C. The van der Waals surface area contributed by atoms with E-state index in [0.717, 1.165) is 0 Å². The van der Waals surface area contributed by atoms with Gasteiger partial charge >= 0.3 is 0 Å². The second kappa shape index (κ2) is 6.54. The van der Waals surface area contributed by atoms with Crippen molar-refractivity contribution in [1.29, 1.82) is 0 Å². The minimum atomic E-state index is -1.75. The predicted octanol–water partition coefficient (Wildman–Crippen LogP) is 2.57. The number of aliphatic hydroxyl groups is 1. The molecule has 16 heavy (non-hydrogen) atoms. The molecule has 1 N–H and O–H groups in total. The highest BCUT2D eigenvalue weighted by Crippen LogP contribution is 2.36. The molecule has 1 unspecified atom stereocenters. The van der Waals surface area contributed by atoms with Crippen LogP contribution in [0.25, 0.3) is 0 Å². The first kappa shape index (κ1) is 15.8. The van der Waals surface area contributed by atoms with Crippen molar-refractivity contribution < 1.29 is 14.3 Å². The van der Waals surface area contributed by atoms with Crippen molar-refractivity contribution >= 4 is 8.32 Å². The lowest BCUT2D eigenvalue weighted by Gasteiger charge is -2.36. The van der Waals surface area contributed by atoms with E-state index in [4.69, 9.17) is 9.16 Å². The van der Waals surface area contributed by atoms with Crippen molar-refractivity contribution in [2.45, 2.75) is 45.0 Å². The number of rotatable bonds is 7. The standard InChI is InChI=1S/C12H26O3Si/c1-7-8-14-9-11(13)10-15-16(5,6)12(2,3)4/h7,11,13H,1,8-10H2,2-6H3. The summed E-state index contributed by atoms with van der Waals surface area (Å²) in [5.74, 6) is 0. The summed E-state index contributed by atoms with van der Waals surface area (Å²) in [5.41, 5.74) is 0. The van der Waals surface area contributed by atoms with Gasteiger partial charge in [-0.25, -0.2) is 0 Å². The van der Waals surface area contributed by atoms with E-state index < -0.39 is 14.4 Å². The van der Waals surface area contributed by atoms with Crippen LogP contribution in [0, 0.1) is 0 Å². The van der Waals surface area contributed by atoms with Gasteiger partial charge in [-0.1, -0.05) is 26.8 Å². The summed E-state index contributed by atoms with van der Waals surface area (Å²) in [6.45, 7) is 15.6. The molecule has 0 rings (SSSR count). The van der Waals surface area contributed by atoms with E-state index in [9.17, 15) is 5.11 Å². The van der Waals surface area contributed by atoms with Crippen molar-refractivity contribution in [3.63, 3.8) is 0 Å². The molecule has 0 radical (unpaired) electrons. The first-order valence-electron chi connectivity index (χ1n) is 5.71. The van der Waals surface area contributed by atoms with E-state index in [2.05, 4.69) is 40.4 Å². The number of hydrogen-bond donors (Lipinski definition) is 1. The van der Waals surface area contributed by atoms with Crippen LogP contribution in [0.3, 0.4) is 0 Å². The van der Waals surface area contributed by atoms with Crippen LogP contribution in [-0.2, 0) is 9.16 Å². The van der Waals surface area contributed by atoms with Crippen LogP contribution in [0.2, 0.25) is 18.1 Å². The number of ether oxygens (including phenoxy) is 1. The molecule has 0 aromatic rings. The van der Waals surface area contributed by atoms with Gasteiger partial charge in [0.25, 0.3) is 0 Å². The molecule has 0 aliphatic carbocycles. The second-order valence-corrected chi connectivity index (χ2v) is 10.4. The van der Waals surface area contributed by atoms with Crippen LogP contribution < -0.4 is 0 Å². The lowest BCUT2D eigenvalue weighted by atomic mass is 10.2. The first-order chi connectivity index (χ1) is 7.20. The Balaban J connectivity index is 3.91. The summed E-state index contributed by atoms with van der Waals surface area (Å²) in [6.07, 6.45) is 1.12. The Morgan fingerprint density at radius 3 is 2.31 bits per heavy atom. The van der Waals surface area contributed by atoms with E-state index in [1.165, 1.54) is 0 Å². The van der Waals surface area contributed by atoms with Crippen molar-refractivity contribution in [3.8, 4) is 0 Å². The second-order valence-electron chi connectivity index (χ2n) is 5.55. The molecule has 0 aliphatic heterocycles. The fourth-order valence-corrected chi connectivity index (χ4v) is 1.90. The van der Waals surface area contributed by atoms with Gasteiger partial charge in [0.1, 0.15) is 0 Å². The minimum Gasteiger partial charge on any atom is -0.414 e. The van der Waals surface area contributed by atoms with Gasteiger partial charge in [0.2, 0.25) is 0 Å². The molecular weight excluding hydrogens is 220 g/mol. The molecule has 1 atom stereocenters. The smallest absolute Gasteiger partial charge is 0.192 e. The quantitative estimate of drug-likeness (QED) is 0.426. The van der Waals surface area contributed by atoms with E-state index in [-0.39, 0.29) is 5.04 Å². The summed E-state index contributed by atoms with van der Waals surface area (Å²) >= 11 is 0. The number of aliphatic hydroxyl groups excluding tert-OH is 1. The maximum Gasteiger partial charge on any atom is 0.192 e. The first-order valence-corrected chi connectivity index (χ1v) is 8.62. The average Bonchev–Trinajstić information content (AvgIpc) is 2.13. The molecule has 0 spiro atoms. The minimum absolute atomic E-state index is 0.175. The molecule has 3 nitrogen and oxygen atoms in total. The Hall–Kier alpha value is -0.163. The van der Waals surface area contributed by atoms with E-state index in [1.54, 1.807) is 6.08 Å². The van der Waals surface area contributed by atoms with Crippen molar-refractivity contribution in [3.05, 3.63) is 12.7 Å². The van der Waals surface area contributed by atoms with Gasteiger partial charge in [0, 0.05) is 0 Å². The Morgan fingerprint density at radius 1 is 1.31 bits per heavy atom. The van der Waals surface area contributed by atoms with Crippen molar-refractivity contribution in [2.75, 3.05) is 19.8 Å². The fourth-order valence-electron chi connectivity index (χ4n) is 0.857. The third kappa shape index (κ3) is 5.79. The molecule has 0 aromatic heterocycles. The van der Waals surface area contributed by atoms with Crippen LogP contribution in [0.1, 0.15) is 20.8 Å². The molecule has 0 saturated carbocycles. The molecule has 0 saturated heterocycles. The molecule has 0 aromatic carbocycles. The highest BCUT2D eigenvalue weighted by Gasteiger charge is 2.37. The molecular formula is C12H26O3Si. The molecule has 0 heterocycles. The summed E-state index contributed by atoms with van der Waals surface area (Å²) < 4.78 is 11.0. The number of hydrogen-bond acceptors (Lipinski definition) is 3. The average molecular weight is 246 g/mol. The van der Waals surface area contributed by atoms with Gasteiger partial charge in [0.15, 0.2) is 8.32 Å². The van der Waals surface area contributed by atoms with Crippen molar-refractivity contribution in [1.82, 2.24) is 0 Å². The maximum atomic E-state index is 9.64. The van der Waals surface area contributed by atoms with Gasteiger partial charge in [-0.2, -0.15) is 0 Å². The molecule has 0 fully saturated rings. The zero-order valence-electron chi connectivity index (χ0n) is 11.2. The molecule has 0 bridgehead atoms. The zero-order valence-corrected chi connectivity index (χ0v) is 12.2. The molecule has 0 aliphatic rings. The predicted molar refractivity (Wildman–Crippen MR) is 70.2 cm³/mol. The third-order valence-corrected chi connectivity index (χ3v) is 7.49. The van der Waals surface area contributed by atoms with Gasteiger partial charge < -0.3 is 14.3 Å². The van der Waals surface area contributed by atoms with Crippen LogP contribution >= 0.6 is 0 Å². The Labute approximate surface area is 101 Å². The van der Waals surface area contributed by atoms with Crippen LogP contribution in [0.4, 0.5) is 0 Å². The van der Waals surface area contributed by atoms with Crippen molar-refractivity contribution in [2.24, 2.45) is 0 Å². The summed E-state index contributed by atoms with van der Waals surface area (Å²) in [4.78, 5) is 0. The normalized spacial score (nSPS) is 14.9. The Bertz CT molecular complexity index is 209. The molecule has 4 heteroatoms. The van der Waals surface area contributed by atoms with Crippen LogP contribution in [0.5, 0.6) is 0 Å². The van der Waals surface area contributed by atoms with Crippen LogP contribution in [0.15, 0.2) is 12.7 Å². The van der Waals surface area contributed by atoms with Gasteiger partial charge in [-0.05, 0) is 18.1 Å². The molecule has 96 valence electrons. The zero-order chi connectivity index (χ0) is 12.8. The Morgan fingerprint density at radius 2 is 1.88 bits per heavy atom. The van der Waals surface area contributed by atoms with Gasteiger partial charge in [0.05, 0.1) is 25.9 Å². The highest BCUT2D eigenvalue weighted by atomic mass is 28.4. The van der Waals surface area contributed by atoms with Crippen LogP contribution in [-0.4, -0.2) is 39.3 Å². The lowest BCUT2D eigenvalue weighted by molar-refractivity contribution is 0.0181. The van der Waals surface area contributed by atoms with E-state index >= 15 is 0 Å². The van der Waals surface area contributed by atoms with Gasteiger partial charge in [-0.3, -0.25) is 0 Å². The summed E-state index contributed by atoms with van der Waals surface area (Å²) in [6, 6.07) is 0. The Kier molecular flexibility index (Phi) is 6.48. The lowest BCUT2D eigenvalue weighted by Crippen LogP contribution is -2.43.